The molecule has 0 N–H and O–H groups in total. The zero-order chi connectivity index (χ0) is 21.6. The number of hydrogen-bond acceptors (Lipinski definition) is 6. The molecular formula is C20H20F3N7O. The number of rotatable bonds is 4. The maximum Gasteiger partial charge on any atom is 0.434 e. The van der Waals surface area contributed by atoms with Crippen molar-refractivity contribution in [1.82, 2.24) is 29.2 Å². The zero-order valence-corrected chi connectivity index (χ0v) is 16.6. The Balaban J connectivity index is 1.38. The molecule has 11 heteroatoms. The van der Waals surface area contributed by atoms with E-state index in [0.29, 0.717) is 29.7 Å². The van der Waals surface area contributed by atoms with Gasteiger partial charge >= 0.3 is 6.18 Å². The van der Waals surface area contributed by atoms with Crippen molar-refractivity contribution in [3.8, 4) is 11.5 Å². The van der Waals surface area contributed by atoms with Gasteiger partial charge < -0.3 is 9.80 Å². The van der Waals surface area contributed by atoms with E-state index in [0.717, 1.165) is 51.4 Å². The molecule has 2 aliphatic rings. The highest BCUT2D eigenvalue weighted by molar-refractivity contribution is 5.78. The molecule has 8 nitrogen and oxygen atoms in total. The van der Waals surface area contributed by atoms with E-state index in [1.165, 1.54) is 10.6 Å². The number of anilines is 1. The van der Waals surface area contributed by atoms with Crippen molar-refractivity contribution >= 4 is 17.4 Å². The lowest BCUT2D eigenvalue weighted by molar-refractivity contribution is -0.141. The van der Waals surface area contributed by atoms with Crippen molar-refractivity contribution in [2.45, 2.75) is 25.4 Å². The Labute approximate surface area is 175 Å². The van der Waals surface area contributed by atoms with Crippen molar-refractivity contribution in [3.05, 3.63) is 36.5 Å². The molecule has 5 heterocycles. The van der Waals surface area contributed by atoms with E-state index in [2.05, 4.69) is 24.8 Å². The number of imidazole rings is 1. The molecule has 3 aromatic heterocycles. The SMILES string of the molecule is O=C1CCCN1CC1CCN(c2ccnc(-c3cnc4cnc(C(F)(F)F)cn34)n2)C1. The fraction of sp³-hybridized carbons (Fsp3) is 0.450. The van der Waals surface area contributed by atoms with Crippen LogP contribution in [-0.2, 0) is 11.0 Å². The Hall–Kier alpha value is -3.24. The Morgan fingerprint density at radius 2 is 2.00 bits per heavy atom. The molecule has 162 valence electrons. The summed E-state index contributed by atoms with van der Waals surface area (Å²) in [6.45, 7) is 3.16. The Morgan fingerprint density at radius 1 is 1.13 bits per heavy atom. The molecule has 2 fully saturated rings. The molecule has 0 aromatic carbocycles. The van der Waals surface area contributed by atoms with Gasteiger partial charge in [0, 0.05) is 45.0 Å². The van der Waals surface area contributed by atoms with Crippen molar-refractivity contribution < 1.29 is 18.0 Å². The average Bonchev–Trinajstić information content (AvgIpc) is 3.48. The highest BCUT2D eigenvalue weighted by Crippen LogP contribution is 2.29. The minimum Gasteiger partial charge on any atom is -0.356 e. The number of fused-ring (bicyclic) bond motifs is 1. The Kier molecular flexibility index (Phi) is 4.75. The lowest BCUT2D eigenvalue weighted by Crippen LogP contribution is -2.32. The van der Waals surface area contributed by atoms with Crippen LogP contribution in [0.4, 0.5) is 19.0 Å². The molecule has 1 unspecified atom stereocenters. The number of aromatic nitrogens is 5. The molecule has 31 heavy (non-hydrogen) atoms. The van der Waals surface area contributed by atoms with Gasteiger partial charge in [0.1, 0.15) is 11.5 Å². The number of carbonyl (C=O) groups is 1. The number of hydrogen-bond donors (Lipinski definition) is 0. The Bertz CT molecular complexity index is 1130. The van der Waals surface area contributed by atoms with E-state index in [9.17, 15) is 18.0 Å². The van der Waals surface area contributed by atoms with Crippen molar-refractivity contribution in [2.75, 3.05) is 31.1 Å². The van der Waals surface area contributed by atoms with Crippen LogP contribution in [0.1, 0.15) is 25.0 Å². The van der Waals surface area contributed by atoms with Crippen LogP contribution in [0.2, 0.25) is 0 Å². The molecule has 2 aliphatic heterocycles. The summed E-state index contributed by atoms with van der Waals surface area (Å²) in [5.74, 6) is 1.60. The summed E-state index contributed by atoms with van der Waals surface area (Å²) in [6, 6.07) is 1.79. The smallest absolute Gasteiger partial charge is 0.356 e. The summed E-state index contributed by atoms with van der Waals surface area (Å²) in [6.07, 6.45) is 3.00. The second kappa shape index (κ2) is 7.47. The highest BCUT2D eigenvalue weighted by Gasteiger charge is 2.33. The van der Waals surface area contributed by atoms with Gasteiger partial charge in [-0.2, -0.15) is 13.2 Å². The van der Waals surface area contributed by atoms with Crippen LogP contribution in [-0.4, -0.2) is 61.3 Å². The van der Waals surface area contributed by atoms with Gasteiger partial charge in [0.2, 0.25) is 5.91 Å². The van der Waals surface area contributed by atoms with E-state index in [4.69, 9.17) is 0 Å². The molecule has 1 atom stereocenters. The van der Waals surface area contributed by atoms with Crippen LogP contribution in [0, 0.1) is 5.92 Å². The monoisotopic (exact) mass is 431 g/mol. The molecule has 0 saturated carbocycles. The van der Waals surface area contributed by atoms with Gasteiger partial charge in [0.15, 0.2) is 17.2 Å². The second-order valence-corrected chi connectivity index (χ2v) is 7.92. The molecule has 0 spiro atoms. The lowest BCUT2D eigenvalue weighted by atomic mass is 10.1. The number of likely N-dealkylation sites (tertiary alicyclic amines) is 1. The van der Waals surface area contributed by atoms with Crippen LogP contribution >= 0.6 is 0 Å². The molecule has 0 aliphatic carbocycles. The van der Waals surface area contributed by atoms with Crippen LogP contribution in [0.3, 0.4) is 0 Å². The molecular weight excluding hydrogens is 411 g/mol. The first-order valence-corrected chi connectivity index (χ1v) is 10.1. The standard InChI is InChI=1S/C20H20F3N7O/c21-20(22,23)15-12-30-14(8-26-17(30)9-25-15)19-24-5-3-16(27-19)28-7-4-13(10-28)11-29-6-1-2-18(29)31/h3,5,8-9,12-13H,1-2,4,6-7,10-11H2. The van der Waals surface area contributed by atoms with Crippen LogP contribution in [0.15, 0.2) is 30.9 Å². The van der Waals surface area contributed by atoms with Gasteiger partial charge in [-0.05, 0) is 24.8 Å². The Morgan fingerprint density at radius 3 is 2.77 bits per heavy atom. The van der Waals surface area contributed by atoms with E-state index in [1.54, 1.807) is 12.3 Å². The maximum absolute atomic E-state index is 13.1. The summed E-state index contributed by atoms with van der Waals surface area (Å²) in [4.78, 5) is 32.4. The third-order valence-corrected chi connectivity index (χ3v) is 5.82. The van der Waals surface area contributed by atoms with Gasteiger partial charge in [-0.3, -0.25) is 9.20 Å². The predicted octanol–water partition coefficient (Wildman–Crippen LogP) is 2.65. The molecule has 5 rings (SSSR count). The number of halogens is 3. The summed E-state index contributed by atoms with van der Waals surface area (Å²) in [5.41, 5.74) is -0.356. The van der Waals surface area contributed by atoms with Gasteiger partial charge in [0.25, 0.3) is 0 Å². The van der Waals surface area contributed by atoms with E-state index < -0.39 is 11.9 Å². The molecule has 0 radical (unpaired) electrons. The third kappa shape index (κ3) is 3.79. The van der Waals surface area contributed by atoms with E-state index >= 15 is 0 Å². The number of alkyl halides is 3. The van der Waals surface area contributed by atoms with Crippen LogP contribution < -0.4 is 4.90 Å². The fourth-order valence-corrected chi connectivity index (χ4v) is 4.25. The number of nitrogens with zero attached hydrogens (tertiary/aromatic N) is 7. The van der Waals surface area contributed by atoms with Gasteiger partial charge in [0.05, 0.1) is 12.4 Å². The molecule has 0 bridgehead atoms. The van der Waals surface area contributed by atoms with Gasteiger partial charge in [-0.15, -0.1) is 0 Å². The normalized spacial score (nSPS) is 19.7. The molecule has 1 amide bonds. The first-order chi connectivity index (χ1) is 14.9. The van der Waals surface area contributed by atoms with Crippen molar-refractivity contribution in [2.24, 2.45) is 5.92 Å². The number of carbonyl (C=O) groups excluding carboxylic acids is 1. The molecule has 2 saturated heterocycles. The summed E-state index contributed by atoms with van der Waals surface area (Å²) < 4.78 is 40.5. The fourth-order valence-electron chi connectivity index (χ4n) is 4.25. The predicted molar refractivity (Wildman–Crippen MR) is 105 cm³/mol. The van der Waals surface area contributed by atoms with Crippen LogP contribution in [0.5, 0.6) is 0 Å². The van der Waals surface area contributed by atoms with Gasteiger partial charge in [-0.25, -0.2) is 19.9 Å². The lowest BCUT2D eigenvalue weighted by Gasteiger charge is -2.21. The largest absolute Gasteiger partial charge is 0.434 e. The van der Waals surface area contributed by atoms with Crippen molar-refractivity contribution in [3.63, 3.8) is 0 Å². The maximum atomic E-state index is 13.1. The van der Waals surface area contributed by atoms with E-state index in [1.807, 2.05) is 4.90 Å². The topological polar surface area (TPSA) is 79.5 Å². The quantitative estimate of drug-likeness (QED) is 0.632. The highest BCUT2D eigenvalue weighted by atomic mass is 19.4. The average molecular weight is 431 g/mol. The number of amides is 1. The minimum absolute atomic E-state index is 0.225. The summed E-state index contributed by atoms with van der Waals surface area (Å²) >= 11 is 0. The molecule has 3 aromatic rings. The zero-order valence-electron chi connectivity index (χ0n) is 16.6. The third-order valence-electron chi connectivity index (χ3n) is 5.82. The first-order valence-electron chi connectivity index (χ1n) is 10.1. The van der Waals surface area contributed by atoms with Crippen LogP contribution in [0.25, 0.3) is 17.2 Å². The summed E-state index contributed by atoms with van der Waals surface area (Å²) in [7, 11) is 0. The van der Waals surface area contributed by atoms with Gasteiger partial charge in [-0.1, -0.05) is 0 Å². The van der Waals surface area contributed by atoms with E-state index in [-0.39, 0.29) is 11.6 Å². The first kappa shape index (κ1) is 19.7. The second-order valence-electron chi connectivity index (χ2n) is 7.92. The summed E-state index contributed by atoms with van der Waals surface area (Å²) in [5, 5.41) is 0. The van der Waals surface area contributed by atoms with Crippen molar-refractivity contribution in [1.29, 1.82) is 0 Å². The minimum atomic E-state index is -4.56.